The molecule has 0 unspecified atom stereocenters. The van der Waals surface area contributed by atoms with E-state index >= 15 is 0 Å². The van der Waals surface area contributed by atoms with Crippen molar-refractivity contribution in [3.8, 4) is 0 Å². The standard InChI is InChI=1S/C10H12OS2/c1-7(11)10-3-8(5-12)2-9(4-10)6-13/h2-4,12-13H,5-6H2,1H3. The molecule has 0 saturated heterocycles. The molecule has 1 aromatic carbocycles. The highest BCUT2D eigenvalue weighted by Gasteiger charge is 2.02. The Morgan fingerprint density at radius 3 is 1.92 bits per heavy atom. The van der Waals surface area contributed by atoms with Gasteiger partial charge in [0, 0.05) is 17.1 Å². The Balaban J connectivity index is 3.14. The number of carbonyl (C=O) groups is 1. The second-order valence-electron chi connectivity index (χ2n) is 2.91. The van der Waals surface area contributed by atoms with E-state index in [9.17, 15) is 4.79 Å². The normalized spacial score (nSPS) is 10.1. The summed E-state index contributed by atoms with van der Waals surface area (Å²) >= 11 is 8.35. The third-order valence-corrected chi connectivity index (χ3v) is 2.55. The first-order valence-corrected chi connectivity index (χ1v) is 5.29. The highest BCUT2D eigenvalue weighted by molar-refractivity contribution is 7.79. The Morgan fingerprint density at radius 1 is 1.15 bits per heavy atom. The first-order chi connectivity index (χ1) is 6.17. The summed E-state index contributed by atoms with van der Waals surface area (Å²) in [5, 5.41) is 0. The molecule has 1 nitrogen and oxygen atoms in total. The van der Waals surface area contributed by atoms with Gasteiger partial charge in [0.25, 0.3) is 0 Å². The number of carbonyl (C=O) groups excluding carboxylic acids is 1. The summed E-state index contributed by atoms with van der Waals surface area (Å²) in [5.74, 6) is 1.40. The number of benzene rings is 1. The quantitative estimate of drug-likeness (QED) is 0.582. The molecule has 0 bridgehead atoms. The van der Waals surface area contributed by atoms with E-state index in [-0.39, 0.29) is 5.78 Å². The Morgan fingerprint density at radius 2 is 1.62 bits per heavy atom. The van der Waals surface area contributed by atoms with Crippen molar-refractivity contribution < 1.29 is 4.79 Å². The van der Waals surface area contributed by atoms with Crippen LogP contribution in [0.25, 0.3) is 0 Å². The number of rotatable bonds is 3. The molecular weight excluding hydrogens is 200 g/mol. The fourth-order valence-corrected chi connectivity index (χ4v) is 1.51. The summed E-state index contributed by atoms with van der Waals surface area (Å²) in [6.45, 7) is 1.57. The van der Waals surface area contributed by atoms with Crippen LogP contribution in [0.2, 0.25) is 0 Å². The molecule has 0 N–H and O–H groups in total. The van der Waals surface area contributed by atoms with Gasteiger partial charge in [-0.05, 0) is 30.2 Å². The van der Waals surface area contributed by atoms with Gasteiger partial charge in [-0.15, -0.1) is 0 Å². The average molecular weight is 212 g/mol. The summed E-state index contributed by atoms with van der Waals surface area (Å²) in [4.78, 5) is 11.1. The fourth-order valence-electron chi connectivity index (χ4n) is 1.15. The largest absolute Gasteiger partial charge is 0.295 e. The summed E-state index contributed by atoms with van der Waals surface area (Å²) in [7, 11) is 0. The van der Waals surface area contributed by atoms with E-state index in [1.807, 2.05) is 18.2 Å². The molecule has 0 amide bonds. The second-order valence-corrected chi connectivity index (χ2v) is 3.54. The molecule has 0 aliphatic rings. The van der Waals surface area contributed by atoms with Crippen LogP contribution in [0.3, 0.4) is 0 Å². The van der Waals surface area contributed by atoms with Crippen molar-refractivity contribution in [2.24, 2.45) is 0 Å². The maximum absolute atomic E-state index is 11.1. The Kier molecular flexibility index (Phi) is 3.88. The van der Waals surface area contributed by atoms with Crippen molar-refractivity contribution in [3.05, 3.63) is 34.9 Å². The maximum Gasteiger partial charge on any atom is 0.159 e. The third-order valence-electron chi connectivity index (χ3n) is 1.82. The number of hydrogen-bond acceptors (Lipinski definition) is 3. The number of thiol groups is 2. The molecule has 0 radical (unpaired) electrons. The lowest BCUT2D eigenvalue weighted by Gasteiger charge is -2.04. The zero-order chi connectivity index (χ0) is 9.84. The van der Waals surface area contributed by atoms with Crippen LogP contribution in [0.15, 0.2) is 18.2 Å². The van der Waals surface area contributed by atoms with Crippen molar-refractivity contribution in [3.63, 3.8) is 0 Å². The molecule has 0 heterocycles. The number of hydrogen-bond donors (Lipinski definition) is 2. The number of Topliss-reactive ketones (excluding diaryl/α,β-unsaturated/α-hetero) is 1. The highest BCUT2D eigenvalue weighted by atomic mass is 32.1. The predicted molar refractivity (Wildman–Crippen MR) is 61.8 cm³/mol. The summed E-state index contributed by atoms with van der Waals surface area (Å²) < 4.78 is 0. The van der Waals surface area contributed by atoms with Gasteiger partial charge in [-0.2, -0.15) is 25.3 Å². The zero-order valence-electron chi connectivity index (χ0n) is 7.45. The van der Waals surface area contributed by atoms with E-state index in [4.69, 9.17) is 0 Å². The van der Waals surface area contributed by atoms with Crippen LogP contribution >= 0.6 is 25.3 Å². The smallest absolute Gasteiger partial charge is 0.159 e. The molecule has 13 heavy (non-hydrogen) atoms. The van der Waals surface area contributed by atoms with E-state index in [2.05, 4.69) is 25.3 Å². The van der Waals surface area contributed by atoms with Gasteiger partial charge in [0.05, 0.1) is 0 Å². The molecule has 1 aromatic rings. The van der Waals surface area contributed by atoms with E-state index in [1.165, 1.54) is 0 Å². The van der Waals surface area contributed by atoms with E-state index in [1.54, 1.807) is 6.92 Å². The van der Waals surface area contributed by atoms with Crippen LogP contribution in [0.1, 0.15) is 28.4 Å². The van der Waals surface area contributed by atoms with Gasteiger partial charge in [0.1, 0.15) is 0 Å². The zero-order valence-corrected chi connectivity index (χ0v) is 9.24. The van der Waals surface area contributed by atoms with Gasteiger partial charge in [-0.3, -0.25) is 4.79 Å². The predicted octanol–water partition coefficient (Wildman–Crippen LogP) is 2.75. The molecule has 0 atom stereocenters. The maximum atomic E-state index is 11.1. The monoisotopic (exact) mass is 212 g/mol. The average Bonchev–Trinajstić information content (AvgIpc) is 2.16. The SMILES string of the molecule is CC(=O)c1cc(CS)cc(CS)c1. The lowest BCUT2D eigenvalue weighted by molar-refractivity contribution is 0.101. The van der Waals surface area contributed by atoms with Crippen LogP contribution in [-0.2, 0) is 11.5 Å². The van der Waals surface area contributed by atoms with Crippen molar-refractivity contribution in [1.29, 1.82) is 0 Å². The van der Waals surface area contributed by atoms with Gasteiger partial charge in [0.2, 0.25) is 0 Å². The minimum absolute atomic E-state index is 0.0895. The minimum atomic E-state index is 0.0895. The summed E-state index contributed by atoms with van der Waals surface area (Å²) in [6.07, 6.45) is 0. The molecule has 1 rings (SSSR count). The number of ketones is 1. The lowest BCUT2D eigenvalue weighted by Crippen LogP contribution is -1.95. The van der Waals surface area contributed by atoms with Gasteiger partial charge < -0.3 is 0 Å². The lowest BCUT2D eigenvalue weighted by atomic mass is 10.1. The van der Waals surface area contributed by atoms with Gasteiger partial charge in [-0.25, -0.2) is 0 Å². The summed E-state index contributed by atoms with van der Waals surface area (Å²) in [5.41, 5.74) is 2.88. The van der Waals surface area contributed by atoms with Crippen LogP contribution in [0, 0.1) is 0 Å². The molecule has 0 saturated carbocycles. The molecule has 0 aliphatic heterocycles. The molecule has 0 aromatic heterocycles. The van der Waals surface area contributed by atoms with Crippen LogP contribution in [0.5, 0.6) is 0 Å². The fraction of sp³-hybridized carbons (Fsp3) is 0.300. The molecule has 0 aliphatic carbocycles. The third kappa shape index (κ3) is 2.78. The van der Waals surface area contributed by atoms with E-state index in [0.29, 0.717) is 11.5 Å². The highest BCUT2D eigenvalue weighted by Crippen LogP contribution is 2.14. The Hall–Kier alpha value is -0.410. The first kappa shape index (κ1) is 10.7. The van der Waals surface area contributed by atoms with Crippen molar-refractivity contribution in [2.75, 3.05) is 0 Å². The Labute approximate surface area is 89.4 Å². The van der Waals surface area contributed by atoms with Crippen molar-refractivity contribution >= 4 is 31.0 Å². The van der Waals surface area contributed by atoms with E-state index in [0.717, 1.165) is 16.7 Å². The van der Waals surface area contributed by atoms with Gasteiger partial charge in [-0.1, -0.05) is 6.07 Å². The van der Waals surface area contributed by atoms with E-state index < -0.39 is 0 Å². The molecule has 70 valence electrons. The molecular formula is C10H12OS2. The van der Waals surface area contributed by atoms with Crippen LogP contribution < -0.4 is 0 Å². The van der Waals surface area contributed by atoms with Crippen LogP contribution in [0.4, 0.5) is 0 Å². The Bertz CT molecular complexity index is 298. The van der Waals surface area contributed by atoms with Gasteiger partial charge in [0.15, 0.2) is 5.78 Å². The summed E-state index contributed by atoms with van der Waals surface area (Å²) in [6, 6.07) is 5.77. The van der Waals surface area contributed by atoms with Crippen molar-refractivity contribution in [1.82, 2.24) is 0 Å². The molecule has 0 fully saturated rings. The molecule has 3 heteroatoms. The molecule has 0 spiro atoms. The first-order valence-electron chi connectivity index (χ1n) is 4.03. The van der Waals surface area contributed by atoms with Gasteiger partial charge >= 0.3 is 0 Å². The van der Waals surface area contributed by atoms with Crippen LogP contribution in [-0.4, -0.2) is 5.78 Å². The topological polar surface area (TPSA) is 17.1 Å². The second kappa shape index (κ2) is 4.72. The minimum Gasteiger partial charge on any atom is -0.295 e. The van der Waals surface area contributed by atoms with Crippen molar-refractivity contribution in [2.45, 2.75) is 18.4 Å².